The van der Waals surface area contributed by atoms with Crippen LogP contribution in [0.1, 0.15) is 10.4 Å². The molecule has 0 bridgehead atoms. The second kappa shape index (κ2) is 4.80. The Hall–Kier alpha value is -0.820. The van der Waals surface area contributed by atoms with Crippen LogP contribution in [0, 0.1) is 15.9 Å². The fourth-order valence-corrected chi connectivity index (χ4v) is 1.73. The highest BCUT2D eigenvalue weighted by Crippen LogP contribution is 2.26. The maximum atomic E-state index is 13.4. The van der Waals surface area contributed by atoms with Crippen molar-refractivity contribution in [2.75, 3.05) is 5.33 Å². The van der Waals surface area contributed by atoms with Crippen LogP contribution >= 0.6 is 31.9 Å². The van der Waals surface area contributed by atoms with Gasteiger partial charge in [0.1, 0.15) is 0 Å². The van der Waals surface area contributed by atoms with Gasteiger partial charge in [0.2, 0.25) is 5.82 Å². The quantitative estimate of drug-likeness (QED) is 0.367. The summed E-state index contributed by atoms with van der Waals surface area (Å²) in [6.07, 6.45) is 0. The van der Waals surface area contributed by atoms with Gasteiger partial charge in [-0.25, -0.2) is 0 Å². The number of benzene rings is 1. The molecule has 1 aromatic rings. The van der Waals surface area contributed by atoms with Gasteiger partial charge in [0.15, 0.2) is 5.78 Å². The number of carbonyl (C=O) groups is 1. The summed E-state index contributed by atoms with van der Waals surface area (Å²) in [5.41, 5.74) is -1.01. The molecular formula is C8H4Br2FNO3. The molecule has 0 heterocycles. The van der Waals surface area contributed by atoms with Crippen molar-refractivity contribution in [1.82, 2.24) is 0 Å². The summed E-state index contributed by atoms with van der Waals surface area (Å²) in [6, 6.07) is 2.23. The summed E-state index contributed by atoms with van der Waals surface area (Å²) in [4.78, 5) is 20.8. The number of ketones is 1. The highest BCUT2D eigenvalue weighted by Gasteiger charge is 2.22. The largest absolute Gasteiger partial charge is 0.306 e. The Labute approximate surface area is 101 Å². The van der Waals surface area contributed by atoms with Crippen LogP contribution in [0.25, 0.3) is 0 Å². The van der Waals surface area contributed by atoms with Crippen LogP contribution < -0.4 is 0 Å². The molecule has 1 rings (SSSR count). The highest BCUT2D eigenvalue weighted by atomic mass is 79.9. The van der Waals surface area contributed by atoms with E-state index in [9.17, 15) is 19.3 Å². The lowest BCUT2D eigenvalue weighted by molar-refractivity contribution is -0.387. The van der Waals surface area contributed by atoms with Crippen LogP contribution in [-0.2, 0) is 0 Å². The van der Waals surface area contributed by atoms with Crippen LogP contribution in [0.2, 0.25) is 0 Å². The molecule has 0 fully saturated rings. The van der Waals surface area contributed by atoms with Gasteiger partial charge in [0, 0.05) is 10.5 Å². The number of hydrogen-bond donors (Lipinski definition) is 0. The number of carbonyl (C=O) groups excluding carboxylic acids is 1. The maximum absolute atomic E-state index is 13.4. The standard InChI is InChI=1S/C8H4Br2FNO3/c9-3-7(13)5-1-4(10)2-6(8(5)11)12(14)15/h1-2H,3H2. The van der Waals surface area contributed by atoms with E-state index in [4.69, 9.17) is 0 Å². The zero-order valence-corrected chi connectivity index (χ0v) is 10.3. The van der Waals surface area contributed by atoms with Gasteiger partial charge in [-0.05, 0) is 6.07 Å². The Morgan fingerprint density at radius 1 is 1.53 bits per heavy atom. The highest BCUT2D eigenvalue weighted by molar-refractivity contribution is 9.10. The first kappa shape index (κ1) is 12.3. The molecule has 0 unspecified atom stereocenters. The number of alkyl halides is 1. The van der Waals surface area contributed by atoms with Gasteiger partial charge in [-0.1, -0.05) is 31.9 Å². The number of Topliss-reactive ketones (excluding diaryl/α,β-unsaturated/α-hetero) is 1. The molecule has 15 heavy (non-hydrogen) atoms. The van der Waals surface area contributed by atoms with Crippen LogP contribution in [-0.4, -0.2) is 16.0 Å². The molecular weight excluding hydrogens is 337 g/mol. The monoisotopic (exact) mass is 339 g/mol. The lowest BCUT2D eigenvalue weighted by atomic mass is 10.1. The van der Waals surface area contributed by atoms with E-state index >= 15 is 0 Å². The number of nitro benzene ring substituents is 1. The number of hydrogen-bond acceptors (Lipinski definition) is 3. The smallest absolute Gasteiger partial charge is 0.293 e. The average Bonchev–Trinajstić information content (AvgIpc) is 2.19. The van der Waals surface area contributed by atoms with Crippen LogP contribution in [0.3, 0.4) is 0 Å². The number of halogens is 3. The fourth-order valence-electron chi connectivity index (χ4n) is 0.983. The molecule has 4 nitrogen and oxygen atoms in total. The molecule has 0 saturated carbocycles. The molecule has 0 aliphatic rings. The first-order valence-electron chi connectivity index (χ1n) is 3.70. The molecule has 0 saturated heterocycles. The van der Waals surface area contributed by atoms with E-state index in [1.807, 2.05) is 0 Å². The summed E-state index contributed by atoms with van der Waals surface area (Å²) >= 11 is 5.84. The molecule has 0 aliphatic heterocycles. The Kier molecular flexibility index (Phi) is 3.92. The van der Waals surface area contributed by atoms with Crippen LogP contribution in [0.4, 0.5) is 10.1 Å². The SMILES string of the molecule is O=C(CBr)c1cc(Br)cc([N+](=O)[O-])c1F. The van der Waals surface area contributed by atoms with E-state index in [2.05, 4.69) is 31.9 Å². The zero-order valence-electron chi connectivity index (χ0n) is 7.17. The topological polar surface area (TPSA) is 60.2 Å². The summed E-state index contributed by atoms with van der Waals surface area (Å²) in [6.45, 7) is 0. The zero-order chi connectivity index (χ0) is 11.6. The van der Waals surface area contributed by atoms with Crippen molar-refractivity contribution in [1.29, 1.82) is 0 Å². The molecule has 0 N–H and O–H groups in total. The second-order valence-corrected chi connectivity index (χ2v) is 4.08. The molecule has 0 atom stereocenters. The van der Waals surface area contributed by atoms with Crippen molar-refractivity contribution in [3.63, 3.8) is 0 Å². The summed E-state index contributed by atoms with van der Waals surface area (Å²) in [5, 5.41) is 10.4. The Morgan fingerprint density at radius 2 is 2.13 bits per heavy atom. The third-order valence-corrected chi connectivity index (χ3v) is 2.60. The van der Waals surface area contributed by atoms with Crippen molar-refractivity contribution in [2.24, 2.45) is 0 Å². The van der Waals surface area contributed by atoms with Crippen molar-refractivity contribution in [3.05, 3.63) is 38.1 Å². The van der Waals surface area contributed by atoms with Gasteiger partial charge < -0.3 is 0 Å². The molecule has 1 aromatic carbocycles. The minimum absolute atomic E-state index is 0.0858. The molecule has 0 aromatic heterocycles. The third-order valence-electron chi connectivity index (χ3n) is 1.64. The van der Waals surface area contributed by atoms with Gasteiger partial charge in [0.25, 0.3) is 0 Å². The third kappa shape index (κ3) is 2.60. The van der Waals surface area contributed by atoms with Crippen molar-refractivity contribution >= 4 is 43.3 Å². The second-order valence-electron chi connectivity index (χ2n) is 2.60. The van der Waals surface area contributed by atoms with E-state index in [-0.39, 0.29) is 10.9 Å². The molecule has 0 spiro atoms. The lowest BCUT2D eigenvalue weighted by Gasteiger charge is -2.01. The normalized spacial score (nSPS) is 10.1. The van der Waals surface area contributed by atoms with Crippen molar-refractivity contribution < 1.29 is 14.1 Å². The molecule has 0 radical (unpaired) electrons. The van der Waals surface area contributed by atoms with E-state index in [1.165, 1.54) is 6.07 Å². The van der Waals surface area contributed by atoms with E-state index in [0.29, 0.717) is 4.47 Å². The molecule has 0 amide bonds. The van der Waals surface area contributed by atoms with Gasteiger partial charge >= 0.3 is 5.69 Å². The first-order valence-corrected chi connectivity index (χ1v) is 5.61. The van der Waals surface area contributed by atoms with E-state index < -0.39 is 22.2 Å². The van der Waals surface area contributed by atoms with Gasteiger partial charge in [-0.2, -0.15) is 4.39 Å². The maximum Gasteiger partial charge on any atom is 0.306 e. The summed E-state index contributed by atoms with van der Waals surface area (Å²) in [7, 11) is 0. The summed E-state index contributed by atoms with van der Waals surface area (Å²) < 4.78 is 13.7. The van der Waals surface area contributed by atoms with E-state index in [1.54, 1.807) is 0 Å². The van der Waals surface area contributed by atoms with E-state index in [0.717, 1.165) is 6.07 Å². The van der Waals surface area contributed by atoms with Crippen molar-refractivity contribution in [2.45, 2.75) is 0 Å². The average molecular weight is 341 g/mol. The summed E-state index contributed by atoms with van der Waals surface area (Å²) in [5.74, 6) is -1.65. The van der Waals surface area contributed by atoms with Gasteiger partial charge in [-0.15, -0.1) is 0 Å². The fraction of sp³-hybridized carbons (Fsp3) is 0.125. The van der Waals surface area contributed by atoms with Gasteiger partial charge in [-0.3, -0.25) is 14.9 Å². The van der Waals surface area contributed by atoms with Crippen LogP contribution in [0.5, 0.6) is 0 Å². The number of rotatable bonds is 3. The number of nitrogens with zero attached hydrogens (tertiary/aromatic N) is 1. The minimum atomic E-state index is -1.10. The lowest BCUT2D eigenvalue weighted by Crippen LogP contribution is -2.06. The van der Waals surface area contributed by atoms with Crippen LogP contribution in [0.15, 0.2) is 16.6 Å². The predicted molar refractivity (Wildman–Crippen MR) is 58.9 cm³/mol. The minimum Gasteiger partial charge on any atom is -0.293 e. The number of nitro groups is 1. The van der Waals surface area contributed by atoms with Gasteiger partial charge in [0.05, 0.1) is 15.8 Å². The molecule has 7 heteroatoms. The Balaban J connectivity index is 3.41. The Morgan fingerprint density at radius 3 is 2.60 bits per heavy atom. The first-order chi connectivity index (χ1) is 6.97. The van der Waals surface area contributed by atoms with Crippen molar-refractivity contribution in [3.8, 4) is 0 Å². The molecule has 80 valence electrons. The molecule has 0 aliphatic carbocycles. The predicted octanol–water partition coefficient (Wildman–Crippen LogP) is 3.07. The Bertz CT molecular complexity index is 436.